The number of benzene rings is 4. The van der Waals surface area contributed by atoms with Gasteiger partial charge in [-0.15, -0.1) is 11.8 Å². The molecule has 1 heterocycles. The van der Waals surface area contributed by atoms with Crippen molar-refractivity contribution in [2.45, 2.75) is 4.90 Å². The van der Waals surface area contributed by atoms with Gasteiger partial charge in [0, 0.05) is 32.9 Å². The second kappa shape index (κ2) is 12.8. The van der Waals surface area contributed by atoms with Crippen LogP contribution >= 0.6 is 27.7 Å². The van der Waals surface area contributed by atoms with Crippen molar-refractivity contribution in [3.05, 3.63) is 136 Å². The van der Waals surface area contributed by atoms with E-state index < -0.39 is 11.8 Å². The standard InChI is InChI=1S/C32H24BrN3O4S/c33-23-10-6-7-21(19-23)20-28(35-29(37)22-8-2-1-3-9-22)30(38)34-24-13-15-25(16-14-24)41-18-17-36-31(39)26-11-4-5-12-27(26)32(36)40/h1-16,19-20H,17-18H2,(H,34,38)(H,35,37)/b28-20-. The van der Waals surface area contributed by atoms with Crippen molar-refractivity contribution in [3.63, 3.8) is 0 Å². The second-order valence-electron chi connectivity index (χ2n) is 9.07. The summed E-state index contributed by atoms with van der Waals surface area (Å²) in [5.74, 6) is -0.875. The molecule has 0 atom stereocenters. The maximum absolute atomic E-state index is 13.2. The molecule has 0 aliphatic carbocycles. The topological polar surface area (TPSA) is 95.6 Å². The van der Waals surface area contributed by atoms with E-state index in [-0.39, 0.29) is 17.5 Å². The van der Waals surface area contributed by atoms with Crippen molar-refractivity contribution in [3.8, 4) is 0 Å². The lowest BCUT2D eigenvalue weighted by Gasteiger charge is -2.14. The summed E-state index contributed by atoms with van der Waals surface area (Å²) in [7, 11) is 0. The van der Waals surface area contributed by atoms with Crippen molar-refractivity contribution in [1.82, 2.24) is 10.2 Å². The van der Waals surface area contributed by atoms with Gasteiger partial charge in [0.25, 0.3) is 23.6 Å². The minimum Gasteiger partial charge on any atom is -0.321 e. The molecule has 41 heavy (non-hydrogen) atoms. The Bertz CT molecular complexity index is 1620. The monoisotopic (exact) mass is 625 g/mol. The molecule has 4 amide bonds. The van der Waals surface area contributed by atoms with Gasteiger partial charge in [0.1, 0.15) is 5.70 Å². The molecule has 4 aromatic carbocycles. The number of fused-ring (bicyclic) bond motifs is 1. The highest BCUT2D eigenvalue weighted by Gasteiger charge is 2.34. The second-order valence-corrected chi connectivity index (χ2v) is 11.2. The van der Waals surface area contributed by atoms with E-state index >= 15 is 0 Å². The van der Waals surface area contributed by atoms with Crippen molar-refractivity contribution in [2.24, 2.45) is 0 Å². The summed E-state index contributed by atoms with van der Waals surface area (Å²) >= 11 is 4.93. The van der Waals surface area contributed by atoms with Crippen LogP contribution in [0, 0.1) is 0 Å². The van der Waals surface area contributed by atoms with Crippen LogP contribution in [-0.4, -0.2) is 40.8 Å². The largest absolute Gasteiger partial charge is 0.321 e. The summed E-state index contributed by atoms with van der Waals surface area (Å²) in [6, 6.07) is 30.1. The molecule has 7 nitrogen and oxygen atoms in total. The smallest absolute Gasteiger partial charge is 0.272 e. The van der Waals surface area contributed by atoms with Gasteiger partial charge < -0.3 is 10.6 Å². The number of thioether (sulfide) groups is 1. The van der Waals surface area contributed by atoms with Gasteiger partial charge in [-0.2, -0.15) is 0 Å². The first kappa shape index (κ1) is 28.1. The number of halogens is 1. The minimum absolute atomic E-state index is 0.0938. The Balaban J connectivity index is 1.22. The zero-order chi connectivity index (χ0) is 28.8. The van der Waals surface area contributed by atoms with Crippen LogP contribution in [0.15, 0.2) is 118 Å². The van der Waals surface area contributed by atoms with Crippen LogP contribution in [0.25, 0.3) is 6.08 Å². The number of nitrogens with zero attached hydrogens (tertiary/aromatic N) is 1. The first-order valence-electron chi connectivity index (χ1n) is 12.7. The molecule has 2 N–H and O–H groups in total. The van der Waals surface area contributed by atoms with Crippen LogP contribution in [-0.2, 0) is 4.79 Å². The molecule has 5 rings (SSSR count). The zero-order valence-electron chi connectivity index (χ0n) is 21.7. The summed E-state index contributed by atoms with van der Waals surface area (Å²) in [4.78, 5) is 53.4. The summed E-state index contributed by atoms with van der Waals surface area (Å²) in [6.45, 7) is 0.292. The molecule has 9 heteroatoms. The third kappa shape index (κ3) is 6.82. The summed E-state index contributed by atoms with van der Waals surface area (Å²) in [6.07, 6.45) is 1.62. The Kier molecular flexibility index (Phi) is 8.76. The van der Waals surface area contributed by atoms with E-state index in [0.29, 0.717) is 34.7 Å². The fourth-order valence-electron chi connectivity index (χ4n) is 4.24. The first-order valence-corrected chi connectivity index (χ1v) is 14.5. The molecule has 0 bridgehead atoms. The predicted octanol–water partition coefficient (Wildman–Crippen LogP) is 6.25. The van der Waals surface area contributed by atoms with Gasteiger partial charge >= 0.3 is 0 Å². The average molecular weight is 627 g/mol. The van der Waals surface area contributed by atoms with E-state index in [9.17, 15) is 19.2 Å². The van der Waals surface area contributed by atoms with Gasteiger partial charge in [-0.3, -0.25) is 24.1 Å². The van der Waals surface area contributed by atoms with Gasteiger partial charge in [-0.1, -0.05) is 58.4 Å². The molecule has 1 aliphatic heterocycles. The summed E-state index contributed by atoms with van der Waals surface area (Å²) in [5, 5.41) is 5.58. The molecule has 4 aromatic rings. The summed E-state index contributed by atoms with van der Waals surface area (Å²) < 4.78 is 0.844. The number of carbonyl (C=O) groups is 4. The minimum atomic E-state index is -0.472. The Hall–Kier alpha value is -4.47. The van der Waals surface area contributed by atoms with Gasteiger partial charge in [0.2, 0.25) is 0 Å². The van der Waals surface area contributed by atoms with Crippen LogP contribution in [0.5, 0.6) is 0 Å². The predicted molar refractivity (Wildman–Crippen MR) is 164 cm³/mol. The van der Waals surface area contributed by atoms with E-state index in [2.05, 4.69) is 26.6 Å². The van der Waals surface area contributed by atoms with Crippen molar-refractivity contribution >= 4 is 63.1 Å². The highest BCUT2D eigenvalue weighted by Crippen LogP contribution is 2.25. The molecule has 0 saturated heterocycles. The van der Waals surface area contributed by atoms with Gasteiger partial charge in [0.05, 0.1) is 11.1 Å². The normalized spacial score (nSPS) is 12.7. The Morgan fingerprint density at radius 1 is 0.805 bits per heavy atom. The van der Waals surface area contributed by atoms with Gasteiger partial charge in [-0.05, 0) is 72.3 Å². The highest BCUT2D eigenvalue weighted by atomic mass is 79.9. The molecular weight excluding hydrogens is 602 g/mol. The fraction of sp³-hybridized carbons (Fsp3) is 0.0625. The Morgan fingerprint density at radius 3 is 2.12 bits per heavy atom. The number of imide groups is 1. The molecular formula is C32H24BrN3O4S. The van der Waals surface area contributed by atoms with Crippen LogP contribution in [0.2, 0.25) is 0 Å². The maximum atomic E-state index is 13.2. The lowest BCUT2D eigenvalue weighted by Crippen LogP contribution is -2.31. The van der Waals surface area contributed by atoms with Gasteiger partial charge in [0.15, 0.2) is 0 Å². The third-order valence-corrected chi connectivity index (χ3v) is 7.75. The fourth-order valence-corrected chi connectivity index (χ4v) is 5.49. The molecule has 0 spiro atoms. The van der Waals surface area contributed by atoms with Crippen molar-refractivity contribution < 1.29 is 19.2 Å². The van der Waals surface area contributed by atoms with Crippen LogP contribution in [0.1, 0.15) is 36.6 Å². The van der Waals surface area contributed by atoms with E-state index in [1.54, 1.807) is 66.7 Å². The molecule has 0 saturated carbocycles. The van der Waals surface area contributed by atoms with Crippen LogP contribution in [0.4, 0.5) is 5.69 Å². The zero-order valence-corrected chi connectivity index (χ0v) is 24.1. The molecule has 204 valence electrons. The van der Waals surface area contributed by atoms with E-state index in [4.69, 9.17) is 0 Å². The van der Waals surface area contributed by atoms with Crippen LogP contribution < -0.4 is 10.6 Å². The molecule has 0 aromatic heterocycles. The number of hydrogen-bond acceptors (Lipinski definition) is 5. The van der Waals surface area contributed by atoms with E-state index in [1.807, 2.05) is 42.5 Å². The number of amides is 4. The molecule has 0 radical (unpaired) electrons. The van der Waals surface area contributed by atoms with E-state index in [1.165, 1.54) is 16.7 Å². The number of anilines is 1. The average Bonchev–Trinajstić information content (AvgIpc) is 3.23. The Morgan fingerprint density at radius 2 is 1.46 bits per heavy atom. The van der Waals surface area contributed by atoms with Crippen molar-refractivity contribution in [2.75, 3.05) is 17.6 Å². The number of rotatable bonds is 9. The summed E-state index contributed by atoms with van der Waals surface area (Å²) in [5.41, 5.74) is 2.70. The molecule has 0 fully saturated rings. The lowest BCUT2D eigenvalue weighted by molar-refractivity contribution is -0.113. The number of carbonyl (C=O) groups excluding carboxylic acids is 4. The molecule has 0 unspecified atom stereocenters. The maximum Gasteiger partial charge on any atom is 0.272 e. The lowest BCUT2D eigenvalue weighted by atomic mass is 10.1. The van der Waals surface area contributed by atoms with Crippen molar-refractivity contribution in [1.29, 1.82) is 0 Å². The quantitative estimate of drug-likeness (QED) is 0.130. The first-order chi connectivity index (χ1) is 19.9. The third-order valence-electron chi connectivity index (χ3n) is 6.26. The van der Waals surface area contributed by atoms with Gasteiger partial charge in [-0.25, -0.2) is 0 Å². The Labute approximate surface area is 249 Å². The highest BCUT2D eigenvalue weighted by molar-refractivity contribution is 9.10. The van der Waals surface area contributed by atoms with Crippen LogP contribution in [0.3, 0.4) is 0 Å². The van der Waals surface area contributed by atoms with E-state index in [0.717, 1.165) is 14.9 Å². The molecule has 1 aliphatic rings. The SMILES string of the molecule is O=C(Nc1ccc(SCCN2C(=O)c3ccccc3C2=O)cc1)/C(=C/c1cccc(Br)c1)NC(=O)c1ccccc1. The number of nitrogens with one attached hydrogen (secondary N) is 2. The number of hydrogen-bond donors (Lipinski definition) is 2.